The van der Waals surface area contributed by atoms with Gasteiger partial charge in [-0.25, -0.2) is 9.97 Å². The molecule has 0 radical (unpaired) electrons. The van der Waals surface area contributed by atoms with Crippen molar-refractivity contribution in [3.05, 3.63) is 34.5 Å². The van der Waals surface area contributed by atoms with Gasteiger partial charge < -0.3 is 14.8 Å². The van der Waals surface area contributed by atoms with Crippen molar-refractivity contribution >= 4 is 44.9 Å². The molecule has 152 valence electrons. The van der Waals surface area contributed by atoms with E-state index in [0.29, 0.717) is 17.2 Å². The average Bonchev–Trinajstić information content (AvgIpc) is 3.10. The summed E-state index contributed by atoms with van der Waals surface area (Å²) in [6.07, 6.45) is 4.63. The number of carbonyl (C=O) groups excluding carboxylic acids is 1. The van der Waals surface area contributed by atoms with Crippen molar-refractivity contribution in [1.82, 2.24) is 9.97 Å². The maximum Gasteiger partial charge on any atom is 0.234 e. The van der Waals surface area contributed by atoms with Crippen LogP contribution in [0.4, 0.5) is 5.69 Å². The number of aromatic nitrogens is 2. The molecule has 3 aromatic rings. The van der Waals surface area contributed by atoms with E-state index in [1.165, 1.54) is 35.0 Å². The molecule has 1 aliphatic rings. The van der Waals surface area contributed by atoms with Crippen molar-refractivity contribution in [3.63, 3.8) is 0 Å². The highest BCUT2D eigenvalue weighted by Gasteiger charge is 2.21. The van der Waals surface area contributed by atoms with Gasteiger partial charge in [-0.15, -0.1) is 11.3 Å². The van der Waals surface area contributed by atoms with Crippen LogP contribution in [0.5, 0.6) is 11.5 Å². The molecule has 6 nitrogen and oxygen atoms in total. The van der Waals surface area contributed by atoms with Gasteiger partial charge in [-0.3, -0.25) is 4.79 Å². The number of aryl methyl sites for hydroxylation is 3. The minimum atomic E-state index is -0.116. The van der Waals surface area contributed by atoms with Crippen molar-refractivity contribution in [2.75, 3.05) is 25.3 Å². The Labute approximate surface area is 178 Å². The zero-order valence-corrected chi connectivity index (χ0v) is 18.3. The van der Waals surface area contributed by atoms with Gasteiger partial charge in [0.05, 0.1) is 25.7 Å². The third-order valence-electron chi connectivity index (χ3n) is 4.91. The Hall–Kier alpha value is -2.32. The molecule has 8 heteroatoms. The number of hydrogen-bond donors (Lipinski definition) is 1. The van der Waals surface area contributed by atoms with Crippen LogP contribution in [-0.4, -0.2) is 35.8 Å². The lowest BCUT2D eigenvalue weighted by molar-refractivity contribution is -0.113. The highest BCUT2D eigenvalue weighted by molar-refractivity contribution is 8.00. The summed E-state index contributed by atoms with van der Waals surface area (Å²) >= 11 is 3.24. The number of amides is 1. The normalized spacial score (nSPS) is 13.2. The van der Waals surface area contributed by atoms with Crippen LogP contribution in [0.25, 0.3) is 10.2 Å². The van der Waals surface area contributed by atoms with Crippen molar-refractivity contribution < 1.29 is 14.3 Å². The van der Waals surface area contributed by atoms with E-state index in [2.05, 4.69) is 15.3 Å². The SMILES string of the molecule is COc1ccc(OC)c(NC(=O)CSc2nc(C)nc3sc4c(c23)CCCC4)c1. The lowest BCUT2D eigenvalue weighted by Gasteiger charge is -2.13. The van der Waals surface area contributed by atoms with Crippen LogP contribution < -0.4 is 14.8 Å². The molecule has 29 heavy (non-hydrogen) atoms. The fourth-order valence-corrected chi connectivity index (χ4v) is 5.83. The Kier molecular flexibility index (Phi) is 5.91. The Morgan fingerprint density at radius 3 is 2.83 bits per heavy atom. The third-order valence-corrected chi connectivity index (χ3v) is 7.08. The number of thioether (sulfide) groups is 1. The number of carbonyl (C=O) groups is 1. The molecular formula is C21H23N3O3S2. The maximum absolute atomic E-state index is 12.6. The van der Waals surface area contributed by atoms with E-state index in [9.17, 15) is 4.79 Å². The lowest BCUT2D eigenvalue weighted by atomic mass is 9.97. The number of anilines is 1. The summed E-state index contributed by atoms with van der Waals surface area (Å²) in [7, 11) is 3.17. The summed E-state index contributed by atoms with van der Waals surface area (Å²) in [6.45, 7) is 1.91. The molecule has 1 aromatic carbocycles. The first kappa shape index (κ1) is 20.0. The monoisotopic (exact) mass is 429 g/mol. The molecule has 1 N–H and O–H groups in total. The van der Waals surface area contributed by atoms with Crippen LogP contribution in [0, 0.1) is 6.92 Å². The minimum absolute atomic E-state index is 0.116. The summed E-state index contributed by atoms with van der Waals surface area (Å²) < 4.78 is 10.6. The van der Waals surface area contributed by atoms with Crippen LogP contribution in [0.1, 0.15) is 29.1 Å². The average molecular weight is 430 g/mol. The maximum atomic E-state index is 12.6. The van der Waals surface area contributed by atoms with Gasteiger partial charge in [0.15, 0.2) is 0 Å². The smallest absolute Gasteiger partial charge is 0.234 e. The number of methoxy groups -OCH3 is 2. The van der Waals surface area contributed by atoms with Gasteiger partial charge >= 0.3 is 0 Å². The molecule has 0 saturated heterocycles. The number of fused-ring (bicyclic) bond motifs is 3. The predicted octanol–water partition coefficient (Wildman–Crippen LogP) is 4.63. The molecule has 2 heterocycles. The summed E-state index contributed by atoms with van der Waals surface area (Å²) in [4.78, 5) is 24.4. The number of nitrogens with one attached hydrogen (secondary N) is 1. The van der Waals surface area contributed by atoms with Crippen molar-refractivity contribution in [2.24, 2.45) is 0 Å². The fourth-order valence-electron chi connectivity index (χ4n) is 3.56. The van der Waals surface area contributed by atoms with Crippen molar-refractivity contribution in [1.29, 1.82) is 0 Å². The molecule has 0 spiro atoms. The zero-order valence-electron chi connectivity index (χ0n) is 16.7. The van der Waals surface area contributed by atoms with Crippen LogP contribution >= 0.6 is 23.1 Å². The topological polar surface area (TPSA) is 73.3 Å². The van der Waals surface area contributed by atoms with E-state index in [0.717, 1.165) is 33.9 Å². The van der Waals surface area contributed by atoms with Gasteiger partial charge in [0, 0.05) is 16.3 Å². The van der Waals surface area contributed by atoms with Crippen molar-refractivity contribution in [3.8, 4) is 11.5 Å². The summed E-state index contributed by atoms with van der Waals surface area (Å²) in [5, 5.41) is 4.97. The first-order chi connectivity index (χ1) is 14.1. The van der Waals surface area contributed by atoms with E-state index in [1.807, 2.05) is 6.92 Å². The Balaban J connectivity index is 1.54. The highest BCUT2D eigenvalue weighted by atomic mass is 32.2. The number of hydrogen-bond acceptors (Lipinski definition) is 7. The van der Waals surface area contributed by atoms with Crippen molar-refractivity contribution in [2.45, 2.75) is 37.6 Å². The molecule has 0 aliphatic heterocycles. The molecule has 0 atom stereocenters. The van der Waals surface area contributed by atoms with Gasteiger partial charge in [0.1, 0.15) is 27.2 Å². The third kappa shape index (κ3) is 4.18. The van der Waals surface area contributed by atoms with E-state index in [-0.39, 0.29) is 11.7 Å². The molecule has 2 aromatic heterocycles. The van der Waals surface area contributed by atoms with E-state index < -0.39 is 0 Å². The van der Waals surface area contributed by atoms with Crippen LogP contribution in [0.2, 0.25) is 0 Å². The Bertz CT molecular complexity index is 1060. The van der Waals surface area contributed by atoms with Crippen LogP contribution in [0.15, 0.2) is 23.2 Å². The fraction of sp³-hybridized carbons (Fsp3) is 0.381. The van der Waals surface area contributed by atoms with Gasteiger partial charge in [-0.2, -0.15) is 0 Å². The first-order valence-corrected chi connectivity index (χ1v) is 11.3. The number of ether oxygens (including phenoxy) is 2. The van der Waals surface area contributed by atoms with Crippen LogP contribution in [-0.2, 0) is 17.6 Å². The largest absolute Gasteiger partial charge is 0.497 e. The van der Waals surface area contributed by atoms with E-state index in [1.54, 1.807) is 43.8 Å². The highest BCUT2D eigenvalue weighted by Crippen LogP contribution is 2.39. The molecule has 0 saturated carbocycles. The lowest BCUT2D eigenvalue weighted by Crippen LogP contribution is -2.15. The second-order valence-electron chi connectivity index (χ2n) is 6.87. The number of benzene rings is 1. The summed E-state index contributed by atoms with van der Waals surface area (Å²) in [5.41, 5.74) is 1.98. The van der Waals surface area contributed by atoms with Gasteiger partial charge in [-0.05, 0) is 50.3 Å². The number of rotatable bonds is 6. The molecule has 4 rings (SSSR count). The van der Waals surface area contributed by atoms with Gasteiger partial charge in [-0.1, -0.05) is 11.8 Å². The summed E-state index contributed by atoms with van der Waals surface area (Å²) in [6, 6.07) is 5.32. The standard InChI is InChI=1S/C21H23N3O3S2/c1-12-22-20(19-14-6-4-5-7-17(14)29-21(19)23-12)28-11-18(25)24-15-10-13(26-2)8-9-16(15)27-3/h8-10H,4-7,11H2,1-3H3,(H,24,25). The molecular weight excluding hydrogens is 406 g/mol. The second kappa shape index (κ2) is 8.59. The Morgan fingerprint density at radius 1 is 1.21 bits per heavy atom. The van der Waals surface area contributed by atoms with Gasteiger partial charge in [0.2, 0.25) is 5.91 Å². The first-order valence-electron chi connectivity index (χ1n) is 9.52. The van der Waals surface area contributed by atoms with Crippen LogP contribution in [0.3, 0.4) is 0 Å². The molecule has 0 fully saturated rings. The molecule has 0 unspecified atom stereocenters. The second-order valence-corrected chi connectivity index (χ2v) is 8.92. The Morgan fingerprint density at radius 2 is 2.03 bits per heavy atom. The number of thiophene rings is 1. The zero-order chi connectivity index (χ0) is 20.4. The summed E-state index contributed by atoms with van der Waals surface area (Å²) in [5.74, 6) is 2.14. The molecule has 1 amide bonds. The van der Waals surface area contributed by atoms with E-state index in [4.69, 9.17) is 9.47 Å². The predicted molar refractivity (Wildman–Crippen MR) is 118 cm³/mol. The van der Waals surface area contributed by atoms with Gasteiger partial charge in [0.25, 0.3) is 0 Å². The quantitative estimate of drug-likeness (QED) is 0.455. The molecule has 1 aliphatic carbocycles. The minimum Gasteiger partial charge on any atom is -0.497 e. The molecule has 0 bridgehead atoms. The van der Waals surface area contributed by atoms with E-state index >= 15 is 0 Å². The number of nitrogens with zero attached hydrogens (tertiary/aromatic N) is 2.